The monoisotopic (exact) mass is 363 g/mol. The highest BCUT2D eigenvalue weighted by Crippen LogP contribution is 2.32. The molecule has 1 aliphatic rings. The zero-order valence-corrected chi connectivity index (χ0v) is 15.3. The van der Waals surface area contributed by atoms with Crippen LogP contribution in [0.1, 0.15) is 11.1 Å². The fraction of sp³-hybridized carbons (Fsp3) is 0.273. The van der Waals surface area contributed by atoms with E-state index in [2.05, 4.69) is 10.3 Å². The average Bonchev–Trinajstić information content (AvgIpc) is 2.66. The number of benzene rings is 2. The zero-order chi connectivity index (χ0) is 18.9. The summed E-state index contributed by atoms with van der Waals surface area (Å²) in [5.41, 5.74) is 1.10. The number of fused-ring (bicyclic) bond motifs is 1. The summed E-state index contributed by atoms with van der Waals surface area (Å²) < 4.78 is 14.1. The van der Waals surface area contributed by atoms with Gasteiger partial charge in [-0.25, -0.2) is 4.39 Å². The highest BCUT2D eigenvalue weighted by atomic mass is 19.1. The lowest BCUT2D eigenvalue weighted by Gasteiger charge is -2.43. The molecule has 1 aromatic heterocycles. The minimum Gasteiger partial charge on any atom is -0.341 e. The maximum Gasteiger partial charge on any atom is 0.231 e. The molecule has 138 valence electrons. The Labute approximate surface area is 158 Å². The zero-order valence-electron chi connectivity index (χ0n) is 15.3. The van der Waals surface area contributed by atoms with Crippen molar-refractivity contribution in [2.75, 3.05) is 20.1 Å². The van der Waals surface area contributed by atoms with Crippen molar-refractivity contribution in [1.29, 1.82) is 0 Å². The maximum atomic E-state index is 14.1. The molecule has 1 N–H and O–H groups in total. The van der Waals surface area contributed by atoms with Crippen molar-refractivity contribution in [1.82, 2.24) is 15.2 Å². The van der Waals surface area contributed by atoms with E-state index in [1.807, 2.05) is 43.6 Å². The molecule has 4 nitrogen and oxygen atoms in total. The van der Waals surface area contributed by atoms with Crippen LogP contribution >= 0.6 is 0 Å². The highest BCUT2D eigenvalue weighted by molar-refractivity contribution is 5.87. The molecule has 0 spiro atoms. The largest absolute Gasteiger partial charge is 0.341 e. The summed E-state index contributed by atoms with van der Waals surface area (Å²) in [5.74, 6) is -0.198. The molecule has 1 amide bonds. The fourth-order valence-electron chi connectivity index (χ4n) is 3.84. The molecule has 1 fully saturated rings. The first-order valence-electron chi connectivity index (χ1n) is 9.10. The van der Waals surface area contributed by atoms with E-state index in [4.69, 9.17) is 0 Å². The Kier molecular flexibility index (Phi) is 4.62. The molecular formula is C22H22FN3O. The Bertz CT molecular complexity index is 979. The van der Waals surface area contributed by atoms with Gasteiger partial charge in [0.05, 0.1) is 5.41 Å². The van der Waals surface area contributed by atoms with Crippen molar-refractivity contribution in [2.45, 2.75) is 13.0 Å². The van der Waals surface area contributed by atoms with Crippen LogP contribution in [0, 0.1) is 11.2 Å². The summed E-state index contributed by atoms with van der Waals surface area (Å²) in [7, 11) is 1.82. The number of hydrogen-bond acceptors (Lipinski definition) is 3. The number of pyridine rings is 1. The standard InChI is InChI=1S/C22H22FN3O/c1-26(13-18-7-4-6-17-12-24-10-9-19(17)18)21(27)22(14-25-15-22)11-16-5-2-3-8-20(16)23/h2-10,12,25H,11,13-15H2,1H3. The Morgan fingerprint density at radius 3 is 2.67 bits per heavy atom. The van der Waals surface area contributed by atoms with E-state index in [0.29, 0.717) is 31.6 Å². The van der Waals surface area contributed by atoms with E-state index >= 15 is 0 Å². The van der Waals surface area contributed by atoms with Gasteiger partial charge < -0.3 is 10.2 Å². The molecule has 3 aromatic rings. The number of nitrogens with one attached hydrogen (secondary N) is 1. The van der Waals surface area contributed by atoms with Gasteiger partial charge in [0.2, 0.25) is 5.91 Å². The van der Waals surface area contributed by atoms with Crippen molar-refractivity contribution < 1.29 is 9.18 Å². The number of rotatable bonds is 5. The van der Waals surface area contributed by atoms with Crippen molar-refractivity contribution in [2.24, 2.45) is 5.41 Å². The fourth-order valence-corrected chi connectivity index (χ4v) is 3.84. The van der Waals surface area contributed by atoms with Crippen molar-refractivity contribution in [3.8, 4) is 0 Å². The Balaban J connectivity index is 1.56. The molecule has 2 heterocycles. The molecule has 2 aromatic carbocycles. The lowest BCUT2D eigenvalue weighted by atomic mass is 9.75. The van der Waals surface area contributed by atoms with Gasteiger partial charge in [-0.1, -0.05) is 36.4 Å². The van der Waals surface area contributed by atoms with Crippen LogP contribution in [0.2, 0.25) is 0 Å². The minimum atomic E-state index is -0.580. The van der Waals surface area contributed by atoms with E-state index < -0.39 is 5.41 Å². The number of amides is 1. The molecule has 27 heavy (non-hydrogen) atoms. The molecule has 1 saturated heterocycles. The van der Waals surface area contributed by atoms with E-state index in [1.54, 1.807) is 23.2 Å². The van der Waals surface area contributed by atoms with Gasteiger partial charge in [-0.15, -0.1) is 0 Å². The van der Waals surface area contributed by atoms with Gasteiger partial charge in [0.15, 0.2) is 0 Å². The highest BCUT2D eigenvalue weighted by Gasteiger charge is 2.46. The van der Waals surface area contributed by atoms with Crippen molar-refractivity contribution >= 4 is 16.7 Å². The molecular weight excluding hydrogens is 341 g/mol. The van der Waals surface area contributed by atoms with Crippen LogP contribution in [0.4, 0.5) is 4.39 Å². The summed E-state index contributed by atoms with van der Waals surface area (Å²) >= 11 is 0. The second-order valence-corrected chi connectivity index (χ2v) is 7.33. The first kappa shape index (κ1) is 17.6. The topological polar surface area (TPSA) is 45.2 Å². The Morgan fingerprint density at radius 2 is 1.93 bits per heavy atom. The van der Waals surface area contributed by atoms with Gasteiger partial charge in [0.1, 0.15) is 5.82 Å². The van der Waals surface area contributed by atoms with E-state index in [9.17, 15) is 9.18 Å². The molecule has 0 atom stereocenters. The van der Waals surface area contributed by atoms with E-state index in [-0.39, 0.29) is 11.7 Å². The first-order valence-corrected chi connectivity index (χ1v) is 9.10. The number of aromatic nitrogens is 1. The predicted octanol–water partition coefficient (Wildman–Crippen LogP) is 3.16. The molecule has 0 bridgehead atoms. The number of carbonyl (C=O) groups is 1. The lowest BCUT2D eigenvalue weighted by Crippen LogP contribution is -2.62. The molecule has 0 saturated carbocycles. The van der Waals surface area contributed by atoms with Crippen LogP contribution in [0.5, 0.6) is 0 Å². The SMILES string of the molecule is CN(Cc1cccc2cnccc12)C(=O)C1(Cc2ccccc2F)CNC1. The third-order valence-electron chi connectivity index (χ3n) is 5.39. The molecule has 0 radical (unpaired) electrons. The molecule has 5 heteroatoms. The van der Waals surface area contributed by atoms with Gasteiger partial charge >= 0.3 is 0 Å². The number of halogens is 1. The summed E-state index contributed by atoms with van der Waals surface area (Å²) in [6, 6.07) is 14.7. The third kappa shape index (κ3) is 3.30. The number of nitrogens with zero attached hydrogens (tertiary/aromatic N) is 2. The maximum absolute atomic E-state index is 14.1. The Hall–Kier alpha value is -2.79. The van der Waals surface area contributed by atoms with Gasteiger partial charge in [-0.3, -0.25) is 9.78 Å². The summed E-state index contributed by atoms with van der Waals surface area (Å²) in [5, 5.41) is 5.35. The van der Waals surface area contributed by atoms with Crippen LogP contribution < -0.4 is 5.32 Å². The molecule has 1 aliphatic heterocycles. The van der Waals surface area contributed by atoms with E-state index in [0.717, 1.165) is 16.3 Å². The minimum absolute atomic E-state index is 0.0514. The number of carbonyl (C=O) groups excluding carboxylic acids is 1. The summed E-state index contributed by atoms with van der Waals surface area (Å²) in [6.07, 6.45) is 4.01. The first-order chi connectivity index (χ1) is 13.1. The normalized spacial score (nSPS) is 15.3. The summed E-state index contributed by atoms with van der Waals surface area (Å²) in [4.78, 5) is 19.2. The van der Waals surface area contributed by atoms with Gasteiger partial charge in [-0.2, -0.15) is 0 Å². The summed E-state index contributed by atoms with van der Waals surface area (Å²) in [6.45, 7) is 1.66. The second-order valence-electron chi connectivity index (χ2n) is 7.33. The van der Waals surface area contributed by atoms with Gasteiger partial charge in [0.25, 0.3) is 0 Å². The van der Waals surface area contributed by atoms with E-state index in [1.165, 1.54) is 6.07 Å². The quantitative estimate of drug-likeness (QED) is 0.757. The average molecular weight is 363 g/mol. The van der Waals surface area contributed by atoms with Gasteiger partial charge in [0, 0.05) is 44.5 Å². The smallest absolute Gasteiger partial charge is 0.231 e. The second kappa shape index (κ2) is 7.08. The lowest BCUT2D eigenvalue weighted by molar-refractivity contribution is -0.144. The van der Waals surface area contributed by atoms with Crippen molar-refractivity contribution in [3.05, 3.63) is 77.9 Å². The van der Waals surface area contributed by atoms with Crippen LogP contribution in [-0.2, 0) is 17.8 Å². The molecule has 4 rings (SSSR count). The van der Waals surface area contributed by atoms with Crippen LogP contribution in [0.25, 0.3) is 10.8 Å². The van der Waals surface area contributed by atoms with Crippen LogP contribution in [0.3, 0.4) is 0 Å². The number of hydrogen-bond donors (Lipinski definition) is 1. The van der Waals surface area contributed by atoms with Crippen LogP contribution in [-0.4, -0.2) is 35.9 Å². The van der Waals surface area contributed by atoms with Crippen LogP contribution in [0.15, 0.2) is 60.9 Å². The van der Waals surface area contributed by atoms with Crippen molar-refractivity contribution in [3.63, 3.8) is 0 Å². The molecule has 0 aliphatic carbocycles. The third-order valence-corrected chi connectivity index (χ3v) is 5.39. The molecule has 0 unspecified atom stereocenters. The Morgan fingerprint density at radius 1 is 1.15 bits per heavy atom. The predicted molar refractivity (Wildman–Crippen MR) is 104 cm³/mol. The van der Waals surface area contributed by atoms with Gasteiger partial charge in [-0.05, 0) is 35.1 Å².